The van der Waals surface area contributed by atoms with Crippen molar-refractivity contribution < 1.29 is 31.1 Å². The van der Waals surface area contributed by atoms with Gasteiger partial charge in [-0.1, -0.05) is 158 Å². The van der Waals surface area contributed by atoms with Crippen molar-refractivity contribution in [1.82, 2.24) is 0 Å². The molecule has 8 rings (SSSR count). The van der Waals surface area contributed by atoms with Gasteiger partial charge < -0.3 is 4.74 Å². The third kappa shape index (κ3) is 6.03. The molecule has 1 aliphatic rings. The van der Waals surface area contributed by atoms with Crippen LogP contribution in [0.15, 0.2) is 182 Å². The summed E-state index contributed by atoms with van der Waals surface area (Å²) in [6.45, 7) is 0. The van der Waals surface area contributed by atoms with Gasteiger partial charge in [-0.05, 0) is 74.3 Å². The second kappa shape index (κ2) is 13.7. The molecule has 0 bridgehead atoms. The number of fused-ring (bicyclic) bond motifs is 1. The van der Waals surface area contributed by atoms with Crippen molar-refractivity contribution in [1.29, 1.82) is 0 Å². The van der Waals surface area contributed by atoms with E-state index in [2.05, 4.69) is 0 Å². The molecule has 0 aliphatic carbocycles. The van der Waals surface area contributed by atoms with Crippen molar-refractivity contribution in [3.05, 3.63) is 210 Å². The van der Waals surface area contributed by atoms with Crippen LogP contribution in [0.1, 0.15) is 39.8 Å². The molecule has 7 aromatic rings. The Labute approximate surface area is 309 Å². The summed E-state index contributed by atoms with van der Waals surface area (Å²) in [6, 6.07) is 50.3. The molecular weight excluding hydrogens is 695 g/mol. The Hall–Kier alpha value is -6.08. The average Bonchev–Trinajstić information content (AvgIpc) is 3.59. The average molecular weight is 727 g/mol. The molecule has 0 saturated carbocycles. The second-order valence-corrected chi connectivity index (χ2v) is 13.4. The van der Waals surface area contributed by atoms with E-state index in [1.807, 2.05) is 48.5 Å². The molecule has 1 heterocycles. The van der Waals surface area contributed by atoms with Gasteiger partial charge in [0.05, 0.1) is 5.92 Å². The predicted molar refractivity (Wildman–Crippen MR) is 200 cm³/mol. The van der Waals surface area contributed by atoms with Crippen molar-refractivity contribution in [2.75, 3.05) is 0 Å². The van der Waals surface area contributed by atoms with Gasteiger partial charge in [0.25, 0.3) is 0 Å². The van der Waals surface area contributed by atoms with Gasteiger partial charge in [0.15, 0.2) is 0 Å². The van der Waals surface area contributed by atoms with Crippen LogP contribution < -0.4 is 4.74 Å². The summed E-state index contributed by atoms with van der Waals surface area (Å²) in [5.74, 6) is -1.10. The molecule has 1 aliphatic heterocycles. The first kappa shape index (κ1) is 35.0. The van der Waals surface area contributed by atoms with Gasteiger partial charge in [0.2, 0.25) is 5.41 Å². The molecule has 0 radical (unpaired) electrons. The van der Waals surface area contributed by atoms with Gasteiger partial charge in [-0.15, -0.1) is 0 Å². The van der Waals surface area contributed by atoms with E-state index in [1.165, 1.54) is 6.07 Å². The Kier molecular flexibility index (Phi) is 8.89. The molecule has 7 heteroatoms. The maximum atomic E-state index is 16.1. The largest absolute Gasteiger partial charge is 0.484 e. The van der Waals surface area contributed by atoms with Crippen LogP contribution in [0, 0.1) is 0 Å². The number of alkyl halides is 6. The molecule has 0 aromatic heterocycles. The van der Waals surface area contributed by atoms with Gasteiger partial charge in [0, 0.05) is 11.1 Å². The maximum Gasteiger partial charge on any atom is 0.411 e. The Morgan fingerprint density at radius 3 is 1.37 bits per heavy atom. The third-order valence-electron chi connectivity index (χ3n) is 10.2. The molecule has 2 unspecified atom stereocenters. The molecule has 268 valence electrons. The Bertz CT molecular complexity index is 2370. The molecule has 2 atom stereocenters. The number of rotatable bonds is 7. The maximum absolute atomic E-state index is 16.1. The first-order valence-corrected chi connectivity index (χ1v) is 17.5. The smallest absolute Gasteiger partial charge is 0.411 e. The number of hydrogen-bond acceptors (Lipinski definition) is 1. The van der Waals surface area contributed by atoms with Crippen LogP contribution in [0.4, 0.5) is 26.3 Å². The van der Waals surface area contributed by atoms with E-state index in [4.69, 9.17) is 4.74 Å². The summed E-state index contributed by atoms with van der Waals surface area (Å²) >= 11 is 0. The summed E-state index contributed by atoms with van der Waals surface area (Å²) in [4.78, 5) is 0. The highest BCUT2D eigenvalue weighted by molar-refractivity contribution is 5.79. The van der Waals surface area contributed by atoms with Crippen molar-refractivity contribution in [3.63, 3.8) is 0 Å². The molecular formula is C47H32F6O. The summed E-state index contributed by atoms with van der Waals surface area (Å²) in [6.07, 6.45) is -12.6. The quantitative estimate of drug-likeness (QED) is 0.149. The number of halogens is 6. The molecule has 0 fully saturated rings. The van der Waals surface area contributed by atoms with Gasteiger partial charge in [0.1, 0.15) is 11.9 Å². The summed E-state index contributed by atoms with van der Waals surface area (Å²) in [7, 11) is 0. The van der Waals surface area contributed by atoms with Crippen LogP contribution in [0.25, 0.3) is 33.4 Å². The van der Waals surface area contributed by atoms with Crippen molar-refractivity contribution in [3.8, 4) is 39.1 Å². The van der Waals surface area contributed by atoms with Crippen molar-refractivity contribution >= 4 is 0 Å². The SMILES string of the molecule is FC(F)(F)C(c1cc(-c2ccccc2)cc(-c2cccc(-c3ccccc3)c2)c1)(c1cccc2c1OC(c1ccccc1)C2c1ccccc1)C(F)(F)F. The lowest BCUT2D eigenvalue weighted by Crippen LogP contribution is -2.55. The van der Waals surface area contributed by atoms with Crippen molar-refractivity contribution in [2.45, 2.75) is 29.8 Å². The third-order valence-corrected chi connectivity index (χ3v) is 10.2. The highest BCUT2D eigenvalue weighted by atomic mass is 19.4. The van der Waals surface area contributed by atoms with Crippen LogP contribution >= 0.6 is 0 Å². The Balaban J connectivity index is 1.41. The summed E-state index contributed by atoms with van der Waals surface area (Å²) < 4.78 is 103. The van der Waals surface area contributed by atoms with Gasteiger partial charge in [-0.25, -0.2) is 0 Å². The fourth-order valence-corrected chi connectivity index (χ4v) is 7.77. The molecule has 1 nitrogen and oxygen atoms in total. The summed E-state index contributed by atoms with van der Waals surface area (Å²) in [5.41, 5.74) is -1.87. The van der Waals surface area contributed by atoms with Gasteiger partial charge in [-0.2, -0.15) is 26.3 Å². The second-order valence-electron chi connectivity index (χ2n) is 13.4. The van der Waals surface area contributed by atoms with Crippen LogP contribution in [-0.4, -0.2) is 12.4 Å². The number of hydrogen-bond donors (Lipinski definition) is 0. The lowest BCUT2D eigenvalue weighted by molar-refractivity contribution is -0.289. The predicted octanol–water partition coefficient (Wildman–Crippen LogP) is 13.4. The number of benzene rings is 7. The fraction of sp³-hybridized carbons (Fsp3) is 0.106. The highest BCUT2D eigenvalue weighted by Gasteiger charge is 2.74. The van der Waals surface area contributed by atoms with E-state index in [9.17, 15) is 0 Å². The molecule has 0 saturated heterocycles. The lowest BCUT2D eigenvalue weighted by Gasteiger charge is -2.39. The van der Waals surface area contributed by atoms with Gasteiger partial charge >= 0.3 is 12.4 Å². The zero-order chi connectivity index (χ0) is 37.5. The van der Waals surface area contributed by atoms with E-state index in [0.29, 0.717) is 22.3 Å². The Morgan fingerprint density at radius 1 is 0.389 bits per heavy atom. The van der Waals surface area contributed by atoms with Crippen LogP contribution in [0.5, 0.6) is 5.75 Å². The number of ether oxygens (including phenoxy) is 1. The molecule has 7 aromatic carbocycles. The highest BCUT2D eigenvalue weighted by Crippen LogP contribution is 2.62. The lowest BCUT2D eigenvalue weighted by atomic mass is 9.70. The Morgan fingerprint density at radius 2 is 0.815 bits per heavy atom. The van der Waals surface area contributed by atoms with E-state index in [1.54, 1.807) is 109 Å². The van der Waals surface area contributed by atoms with E-state index >= 15 is 26.3 Å². The van der Waals surface area contributed by atoms with Crippen molar-refractivity contribution in [2.24, 2.45) is 0 Å². The van der Waals surface area contributed by atoms with Crippen LogP contribution in [0.3, 0.4) is 0 Å². The normalized spacial score (nSPS) is 15.7. The van der Waals surface area contributed by atoms with Crippen LogP contribution in [-0.2, 0) is 5.41 Å². The molecule has 0 spiro atoms. The van der Waals surface area contributed by atoms with Crippen LogP contribution in [0.2, 0.25) is 0 Å². The van der Waals surface area contributed by atoms with E-state index < -0.39 is 46.7 Å². The van der Waals surface area contributed by atoms with E-state index in [0.717, 1.165) is 29.3 Å². The molecule has 0 N–H and O–H groups in total. The fourth-order valence-electron chi connectivity index (χ4n) is 7.77. The molecule has 54 heavy (non-hydrogen) atoms. The standard InChI is InChI=1S/C47H32F6O/c48-46(49,50)45(47(51,52)53,41-26-14-25-40-42(33-19-9-3-10-20-33)43(54-44(40)41)34-21-11-4-12-22-34)39-29-37(32-17-7-2-8-18-32)28-38(30-39)36-24-13-23-35(27-36)31-15-5-1-6-16-31/h1-30,42-43H. The summed E-state index contributed by atoms with van der Waals surface area (Å²) in [5, 5.41) is 0. The first-order valence-electron chi connectivity index (χ1n) is 17.5. The number of para-hydroxylation sites is 1. The minimum absolute atomic E-state index is 0.208. The zero-order valence-electron chi connectivity index (χ0n) is 28.7. The van der Waals surface area contributed by atoms with E-state index in [-0.39, 0.29) is 16.7 Å². The minimum Gasteiger partial charge on any atom is -0.484 e. The minimum atomic E-state index is -5.85. The zero-order valence-corrected chi connectivity index (χ0v) is 28.7. The van der Waals surface area contributed by atoms with Gasteiger partial charge in [-0.3, -0.25) is 0 Å². The molecule has 0 amide bonds. The first-order chi connectivity index (χ1) is 26.1. The monoisotopic (exact) mass is 726 g/mol. The topological polar surface area (TPSA) is 9.23 Å².